The highest BCUT2D eigenvalue weighted by Crippen LogP contribution is 2.20. The number of hydrogen-bond donors (Lipinski definition) is 0. The average molecular weight is 394 g/mol. The van der Waals surface area contributed by atoms with Crippen molar-refractivity contribution in [3.05, 3.63) is 80.7 Å². The molecule has 2 aromatic carbocycles. The minimum absolute atomic E-state index is 0.329. The van der Waals surface area contributed by atoms with Crippen molar-refractivity contribution in [3.8, 4) is 0 Å². The summed E-state index contributed by atoms with van der Waals surface area (Å²) < 4.78 is 19.6. The third kappa shape index (κ3) is 4.27. The maximum absolute atomic E-state index is 13.0. The topological polar surface area (TPSA) is 38.9 Å². The number of hydrogen-bond acceptors (Lipinski definition) is 3. The Morgan fingerprint density at radius 3 is 2.78 bits per heavy atom. The van der Waals surface area contributed by atoms with Gasteiger partial charge in [0.15, 0.2) is 0 Å². The van der Waals surface area contributed by atoms with Gasteiger partial charge in [-0.25, -0.2) is 4.39 Å². The summed E-state index contributed by atoms with van der Waals surface area (Å²) in [6.45, 7) is 0. The molecular weight excluding hydrogens is 383 g/mol. The van der Waals surface area contributed by atoms with Gasteiger partial charge in [0.25, 0.3) is 0 Å². The van der Waals surface area contributed by atoms with Crippen LogP contribution in [0.4, 0.5) is 4.39 Å². The van der Waals surface area contributed by atoms with Gasteiger partial charge in [-0.1, -0.05) is 45.7 Å². The molecule has 116 valence electrons. The molecule has 0 radical (unpaired) electrons. The van der Waals surface area contributed by atoms with E-state index in [2.05, 4.69) is 26.1 Å². The summed E-state index contributed by atoms with van der Waals surface area (Å²) in [7, 11) is 0. The third-order valence-corrected chi connectivity index (χ3v) is 3.92. The van der Waals surface area contributed by atoms with E-state index in [1.54, 1.807) is 18.2 Å². The van der Waals surface area contributed by atoms with Crippen LogP contribution in [0.2, 0.25) is 5.02 Å². The first-order chi connectivity index (χ1) is 11.1. The van der Waals surface area contributed by atoms with Crippen LogP contribution in [0.3, 0.4) is 0 Å². The largest absolute Gasteiger partial charge is 0.421 e. The lowest BCUT2D eigenvalue weighted by molar-refractivity contribution is 0.496. The Morgan fingerprint density at radius 2 is 2.00 bits per heavy atom. The molecule has 23 heavy (non-hydrogen) atoms. The van der Waals surface area contributed by atoms with Gasteiger partial charge < -0.3 is 4.42 Å². The number of rotatable bonds is 4. The van der Waals surface area contributed by atoms with Crippen molar-refractivity contribution in [2.75, 3.05) is 0 Å². The molecule has 1 aromatic heterocycles. The second kappa shape index (κ2) is 7.06. The van der Waals surface area contributed by atoms with Crippen LogP contribution in [-0.2, 0) is 6.42 Å². The van der Waals surface area contributed by atoms with Gasteiger partial charge in [0, 0.05) is 10.5 Å². The van der Waals surface area contributed by atoms with Gasteiger partial charge in [-0.2, -0.15) is 0 Å². The van der Waals surface area contributed by atoms with Crippen LogP contribution in [0.1, 0.15) is 22.9 Å². The van der Waals surface area contributed by atoms with Crippen molar-refractivity contribution in [3.63, 3.8) is 0 Å². The van der Waals surface area contributed by atoms with Crippen molar-refractivity contribution in [1.82, 2.24) is 10.2 Å². The van der Waals surface area contributed by atoms with Crippen LogP contribution >= 0.6 is 27.5 Å². The predicted octanol–water partition coefficient (Wildman–Crippen LogP) is 5.39. The predicted molar refractivity (Wildman–Crippen MR) is 91.6 cm³/mol. The lowest BCUT2D eigenvalue weighted by Crippen LogP contribution is -1.87. The average Bonchev–Trinajstić information content (AvgIpc) is 2.94. The number of aromatic nitrogens is 2. The standard InChI is InChI=1S/C17H11BrClFN2O/c18-13-3-1-2-11(8-13)9-17-22-21-16(23-17)7-5-12-4-6-14(20)10-15(12)19/h1-8,10H,9H2/b7-5+. The Hall–Kier alpha value is -1.98. The molecule has 6 heteroatoms. The van der Waals surface area contributed by atoms with Crippen LogP contribution in [-0.4, -0.2) is 10.2 Å². The first kappa shape index (κ1) is 15.9. The molecule has 0 saturated heterocycles. The molecule has 0 spiro atoms. The first-order valence-electron chi connectivity index (χ1n) is 6.80. The monoisotopic (exact) mass is 392 g/mol. The summed E-state index contributed by atoms with van der Waals surface area (Å²) in [5, 5.41) is 8.31. The molecule has 3 rings (SSSR count). The molecule has 0 amide bonds. The molecule has 0 bridgehead atoms. The minimum Gasteiger partial charge on any atom is -0.421 e. The Labute approximate surface area is 145 Å². The van der Waals surface area contributed by atoms with Crippen molar-refractivity contribution < 1.29 is 8.81 Å². The molecule has 3 nitrogen and oxygen atoms in total. The summed E-state index contributed by atoms with van der Waals surface area (Å²) in [4.78, 5) is 0. The summed E-state index contributed by atoms with van der Waals surface area (Å²) >= 11 is 9.39. The van der Waals surface area contributed by atoms with Gasteiger partial charge >= 0.3 is 0 Å². The molecular formula is C17H11BrClFN2O. The molecule has 0 aliphatic rings. The van der Waals surface area contributed by atoms with E-state index in [-0.39, 0.29) is 5.82 Å². The third-order valence-electron chi connectivity index (χ3n) is 3.09. The van der Waals surface area contributed by atoms with Gasteiger partial charge in [0.05, 0.1) is 11.4 Å². The Balaban J connectivity index is 1.73. The quantitative estimate of drug-likeness (QED) is 0.597. The molecule has 0 aliphatic carbocycles. The highest BCUT2D eigenvalue weighted by molar-refractivity contribution is 9.10. The van der Waals surface area contributed by atoms with E-state index >= 15 is 0 Å². The zero-order chi connectivity index (χ0) is 16.2. The van der Waals surface area contributed by atoms with Gasteiger partial charge in [-0.05, 0) is 41.5 Å². The molecule has 0 fully saturated rings. The van der Waals surface area contributed by atoms with Crippen molar-refractivity contribution in [2.24, 2.45) is 0 Å². The van der Waals surface area contributed by atoms with E-state index in [1.165, 1.54) is 12.1 Å². The zero-order valence-corrected chi connectivity index (χ0v) is 14.2. The SMILES string of the molecule is Fc1ccc(/C=C/c2nnc(Cc3cccc(Br)c3)o2)c(Cl)c1. The maximum Gasteiger partial charge on any atom is 0.240 e. The summed E-state index contributed by atoms with van der Waals surface area (Å²) in [5.41, 5.74) is 1.75. The lowest BCUT2D eigenvalue weighted by Gasteiger charge is -1.97. The maximum atomic E-state index is 13.0. The number of nitrogens with zero attached hydrogens (tertiary/aromatic N) is 2. The highest BCUT2D eigenvalue weighted by Gasteiger charge is 2.06. The van der Waals surface area contributed by atoms with Crippen LogP contribution in [0.5, 0.6) is 0 Å². The van der Waals surface area contributed by atoms with Crippen LogP contribution in [0, 0.1) is 5.82 Å². The fourth-order valence-corrected chi connectivity index (χ4v) is 2.70. The second-order valence-electron chi connectivity index (χ2n) is 4.84. The Kier molecular flexibility index (Phi) is 4.88. The lowest BCUT2D eigenvalue weighted by atomic mass is 10.1. The van der Waals surface area contributed by atoms with E-state index in [4.69, 9.17) is 16.0 Å². The molecule has 0 atom stereocenters. The number of benzene rings is 2. The minimum atomic E-state index is -0.374. The van der Waals surface area contributed by atoms with Crippen molar-refractivity contribution >= 4 is 39.7 Å². The van der Waals surface area contributed by atoms with Crippen LogP contribution in [0.15, 0.2) is 51.4 Å². The van der Waals surface area contributed by atoms with E-state index < -0.39 is 0 Å². The number of halogens is 3. The summed E-state index contributed by atoms with van der Waals surface area (Å²) in [6, 6.07) is 12.1. The first-order valence-corrected chi connectivity index (χ1v) is 7.97. The van der Waals surface area contributed by atoms with Gasteiger partial charge in [0.2, 0.25) is 11.8 Å². The van der Waals surface area contributed by atoms with Crippen LogP contribution < -0.4 is 0 Å². The van der Waals surface area contributed by atoms with Gasteiger partial charge in [-0.15, -0.1) is 10.2 Å². The smallest absolute Gasteiger partial charge is 0.240 e. The van der Waals surface area contributed by atoms with Gasteiger partial charge in [-0.3, -0.25) is 0 Å². The normalized spacial score (nSPS) is 11.3. The van der Waals surface area contributed by atoms with E-state index in [0.717, 1.165) is 10.0 Å². The summed E-state index contributed by atoms with van der Waals surface area (Å²) in [6.07, 6.45) is 3.91. The molecule has 0 aliphatic heterocycles. The van der Waals surface area contributed by atoms with Crippen molar-refractivity contribution in [1.29, 1.82) is 0 Å². The van der Waals surface area contributed by atoms with E-state index in [1.807, 2.05) is 24.3 Å². The Bertz CT molecular complexity index is 863. The van der Waals surface area contributed by atoms with E-state index in [0.29, 0.717) is 28.8 Å². The molecule has 3 aromatic rings. The Morgan fingerprint density at radius 1 is 1.13 bits per heavy atom. The molecule has 0 unspecified atom stereocenters. The molecule has 1 heterocycles. The second-order valence-corrected chi connectivity index (χ2v) is 6.16. The van der Waals surface area contributed by atoms with Crippen molar-refractivity contribution in [2.45, 2.75) is 6.42 Å². The zero-order valence-electron chi connectivity index (χ0n) is 11.8. The molecule has 0 N–H and O–H groups in total. The van der Waals surface area contributed by atoms with E-state index in [9.17, 15) is 4.39 Å². The fraction of sp³-hybridized carbons (Fsp3) is 0.0588. The van der Waals surface area contributed by atoms with Crippen LogP contribution in [0.25, 0.3) is 12.2 Å². The fourth-order valence-electron chi connectivity index (χ4n) is 2.02. The van der Waals surface area contributed by atoms with Gasteiger partial charge in [0.1, 0.15) is 5.82 Å². The summed E-state index contributed by atoms with van der Waals surface area (Å²) in [5.74, 6) is 0.518. The molecule has 0 saturated carbocycles. The highest BCUT2D eigenvalue weighted by atomic mass is 79.9.